The number of likely N-dealkylation sites (N-methyl/N-ethyl adjacent to an activating group) is 1. The summed E-state index contributed by atoms with van der Waals surface area (Å²) in [6.07, 6.45) is 6.50. The van der Waals surface area contributed by atoms with E-state index in [1.165, 1.54) is 24.0 Å². The third kappa shape index (κ3) is 2.49. The van der Waals surface area contributed by atoms with Gasteiger partial charge in [0, 0.05) is 18.3 Å². The van der Waals surface area contributed by atoms with Crippen molar-refractivity contribution in [1.82, 2.24) is 4.90 Å². The van der Waals surface area contributed by atoms with Gasteiger partial charge in [0.1, 0.15) is 0 Å². The molecule has 1 aromatic carbocycles. The lowest BCUT2D eigenvalue weighted by atomic mass is 9.99. The van der Waals surface area contributed by atoms with Gasteiger partial charge in [-0.3, -0.25) is 4.90 Å². The molecule has 3 nitrogen and oxygen atoms in total. The van der Waals surface area contributed by atoms with Crippen molar-refractivity contribution >= 4 is 5.69 Å². The molecule has 0 heterocycles. The largest absolute Gasteiger partial charge is 0.399 e. The zero-order valence-electron chi connectivity index (χ0n) is 11.7. The lowest BCUT2D eigenvalue weighted by Gasteiger charge is -2.33. The van der Waals surface area contributed by atoms with E-state index in [4.69, 9.17) is 5.73 Å². The highest BCUT2D eigenvalue weighted by Gasteiger charge is 2.35. The van der Waals surface area contributed by atoms with Gasteiger partial charge in [0.25, 0.3) is 0 Å². The van der Waals surface area contributed by atoms with Crippen molar-refractivity contribution in [3.8, 4) is 0 Å². The monoisotopic (exact) mass is 260 g/mol. The van der Waals surface area contributed by atoms with Gasteiger partial charge in [-0.25, -0.2) is 0 Å². The van der Waals surface area contributed by atoms with Crippen LogP contribution in [0.5, 0.6) is 0 Å². The number of fused-ring (bicyclic) bond motifs is 1. The normalized spacial score (nSPS) is 24.9. The van der Waals surface area contributed by atoms with Crippen molar-refractivity contribution in [2.75, 3.05) is 19.3 Å². The Hall–Kier alpha value is -1.06. The molecule has 0 aromatic heterocycles. The molecule has 2 aliphatic carbocycles. The molecule has 1 fully saturated rings. The van der Waals surface area contributed by atoms with E-state index in [1.807, 2.05) is 6.07 Å². The fourth-order valence-corrected chi connectivity index (χ4v) is 3.84. The number of hydrogen-bond acceptors (Lipinski definition) is 3. The maximum atomic E-state index is 10.6. The molecule has 0 saturated heterocycles. The lowest BCUT2D eigenvalue weighted by Crippen LogP contribution is -2.40. The van der Waals surface area contributed by atoms with Gasteiger partial charge in [-0.05, 0) is 56.0 Å². The molecule has 1 saturated carbocycles. The molecular formula is C16H24N2O. The van der Waals surface area contributed by atoms with Gasteiger partial charge in [0.05, 0.1) is 5.60 Å². The first kappa shape index (κ1) is 12.9. The van der Waals surface area contributed by atoms with Crippen LogP contribution in [-0.4, -0.2) is 29.2 Å². The second-order valence-electron chi connectivity index (χ2n) is 6.36. The molecule has 104 valence electrons. The third-order valence-electron chi connectivity index (χ3n) is 4.82. The summed E-state index contributed by atoms with van der Waals surface area (Å²) < 4.78 is 0. The molecule has 0 aliphatic heterocycles. The van der Waals surface area contributed by atoms with Crippen molar-refractivity contribution in [3.05, 3.63) is 29.3 Å². The average molecular weight is 260 g/mol. The first-order valence-electron chi connectivity index (χ1n) is 7.38. The molecule has 2 aliphatic rings. The van der Waals surface area contributed by atoms with Crippen molar-refractivity contribution in [3.63, 3.8) is 0 Å². The van der Waals surface area contributed by atoms with Crippen LogP contribution < -0.4 is 5.73 Å². The van der Waals surface area contributed by atoms with Crippen LogP contribution >= 0.6 is 0 Å². The molecule has 3 rings (SSSR count). The van der Waals surface area contributed by atoms with Crippen LogP contribution in [0.4, 0.5) is 5.69 Å². The van der Waals surface area contributed by atoms with Gasteiger partial charge in [-0.15, -0.1) is 0 Å². The Balaban J connectivity index is 1.74. The Morgan fingerprint density at radius 2 is 2.11 bits per heavy atom. The third-order valence-corrected chi connectivity index (χ3v) is 4.82. The van der Waals surface area contributed by atoms with E-state index in [2.05, 4.69) is 24.1 Å². The summed E-state index contributed by atoms with van der Waals surface area (Å²) in [5.41, 5.74) is 9.04. The summed E-state index contributed by atoms with van der Waals surface area (Å²) in [5, 5.41) is 10.6. The molecule has 0 bridgehead atoms. The minimum absolute atomic E-state index is 0.445. The highest BCUT2D eigenvalue weighted by Crippen LogP contribution is 2.38. The van der Waals surface area contributed by atoms with Crippen LogP contribution in [0.3, 0.4) is 0 Å². The van der Waals surface area contributed by atoms with Gasteiger partial charge in [-0.2, -0.15) is 0 Å². The van der Waals surface area contributed by atoms with Gasteiger partial charge in [0.2, 0.25) is 0 Å². The number of nitrogen functional groups attached to an aromatic ring is 1. The van der Waals surface area contributed by atoms with Crippen LogP contribution in [0.2, 0.25) is 0 Å². The van der Waals surface area contributed by atoms with Crippen LogP contribution in [0.1, 0.15) is 49.3 Å². The zero-order chi connectivity index (χ0) is 13.5. The Morgan fingerprint density at radius 1 is 1.37 bits per heavy atom. The quantitative estimate of drug-likeness (QED) is 0.821. The molecule has 0 spiro atoms. The highest BCUT2D eigenvalue weighted by atomic mass is 16.3. The molecule has 1 unspecified atom stereocenters. The highest BCUT2D eigenvalue weighted by molar-refractivity contribution is 5.47. The van der Waals surface area contributed by atoms with Crippen LogP contribution in [0.25, 0.3) is 0 Å². The number of nitrogens with two attached hydrogens (primary N) is 1. The molecule has 0 amide bonds. The summed E-state index contributed by atoms with van der Waals surface area (Å²) in [4.78, 5) is 2.34. The SMILES string of the molecule is CN(CC1(O)CCCC1)C1CCc2cc(N)ccc21. The minimum atomic E-state index is -0.453. The predicted molar refractivity (Wildman–Crippen MR) is 78.0 cm³/mol. The number of anilines is 1. The van der Waals surface area contributed by atoms with E-state index in [0.29, 0.717) is 6.04 Å². The average Bonchev–Trinajstić information content (AvgIpc) is 2.95. The standard InChI is InChI=1S/C16H24N2O/c1-18(11-16(19)8-2-3-9-16)15-7-4-12-10-13(17)5-6-14(12)15/h5-6,10,15,19H,2-4,7-9,11,17H2,1H3. The molecule has 3 heteroatoms. The van der Waals surface area contributed by atoms with Crippen molar-refractivity contribution in [1.29, 1.82) is 0 Å². The van der Waals surface area contributed by atoms with Crippen LogP contribution in [0.15, 0.2) is 18.2 Å². The maximum absolute atomic E-state index is 10.6. The molecule has 1 atom stereocenters. The topological polar surface area (TPSA) is 49.5 Å². The molecular weight excluding hydrogens is 236 g/mol. The Labute approximate surface area is 115 Å². The Kier molecular flexibility index (Phi) is 3.27. The fourth-order valence-electron chi connectivity index (χ4n) is 3.84. The first-order valence-corrected chi connectivity index (χ1v) is 7.38. The number of benzene rings is 1. The van der Waals surface area contributed by atoms with Gasteiger partial charge in [0.15, 0.2) is 0 Å². The number of nitrogens with zero attached hydrogens (tertiary/aromatic N) is 1. The zero-order valence-corrected chi connectivity index (χ0v) is 11.7. The summed E-state index contributed by atoms with van der Waals surface area (Å²) in [5.74, 6) is 0. The Morgan fingerprint density at radius 3 is 2.84 bits per heavy atom. The van der Waals surface area contributed by atoms with Gasteiger partial charge >= 0.3 is 0 Å². The van der Waals surface area contributed by atoms with Crippen LogP contribution in [-0.2, 0) is 6.42 Å². The van der Waals surface area contributed by atoms with Gasteiger partial charge in [-0.1, -0.05) is 18.9 Å². The predicted octanol–water partition coefficient (Wildman–Crippen LogP) is 2.49. The molecule has 3 N–H and O–H groups in total. The molecule has 1 aromatic rings. The lowest BCUT2D eigenvalue weighted by molar-refractivity contribution is 0.00513. The second kappa shape index (κ2) is 4.80. The number of aryl methyl sites for hydroxylation is 1. The summed E-state index contributed by atoms with van der Waals surface area (Å²) in [6, 6.07) is 6.71. The number of rotatable bonds is 3. The smallest absolute Gasteiger partial charge is 0.0774 e. The van der Waals surface area contributed by atoms with Crippen molar-refractivity contribution < 1.29 is 5.11 Å². The molecule has 0 radical (unpaired) electrons. The van der Waals surface area contributed by atoms with Crippen molar-refractivity contribution in [2.24, 2.45) is 0 Å². The minimum Gasteiger partial charge on any atom is -0.399 e. The first-order chi connectivity index (χ1) is 9.07. The summed E-state index contributed by atoms with van der Waals surface area (Å²) in [7, 11) is 2.15. The number of hydrogen-bond donors (Lipinski definition) is 2. The van der Waals surface area contributed by atoms with E-state index in [0.717, 1.165) is 37.9 Å². The molecule has 19 heavy (non-hydrogen) atoms. The van der Waals surface area contributed by atoms with E-state index < -0.39 is 5.60 Å². The van der Waals surface area contributed by atoms with E-state index >= 15 is 0 Å². The Bertz CT molecular complexity index is 466. The van der Waals surface area contributed by atoms with E-state index in [-0.39, 0.29) is 0 Å². The van der Waals surface area contributed by atoms with Crippen molar-refractivity contribution in [2.45, 2.75) is 50.2 Å². The fraction of sp³-hybridized carbons (Fsp3) is 0.625. The maximum Gasteiger partial charge on any atom is 0.0774 e. The van der Waals surface area contributed by atoms with E-state index in [1.54, 1.807) is 0 Å². The van der Waals surface area contributed by atoms with Gasteiger partial charge < -0.3 is 10.8 Å². The summed E-state index contributed by atoms with van der Waals surface area (Å²) >= 11 is 0. The van der Waals surface area contributed by atoms with Crippen LogP contribution in [0, 0.1) is 0 Å². The number of aliphatic hydroxyl groups is 1. The summed E-state index contributed by atoms with van der Waals surface area (Å²) in [6.45, 7) is 0.793. The second-order valence-corrected chi connectivity index (χ2v) is 6.36. The van der Waals surface area contributed by atoms with E-state index in [9.17, 15) is 5.11 Å².